The maximum Gasteiger partial charge on any atom is 0.254 e. The third kappa shape index (κ3) is 3.35. The van der Waals surface area contributed by atoms with Crippen molar-refractivity contribution in [2.24, 2.45) is 5.73 Å². The second-order valence-electron chi connectivity index (χ2n) is 5.39. The van der Waals surface area contributed by atoms with Gasteiger partial charge in [0.1, 0.15) is 0 Å². The van der Waals surface area contributed by atoms with Gasteiger partial charge in [0.05, 0.1) is 0 Å². The first-order chi connectivity index (χ1) is 9.24. The zero-order chi connectivity index (χ0) is 13.7. The molecule has 1 amide bonds. The number of hydrogen-bond acceptors (Lipinski definition) is 2. The summed E-state index contributed by atoms with van der Waals surface area (Å²) in [6.07, 6.45) is 6.00. The lowest BCUT2D eigenvalue weighted by Gasteiger charge is -2.34. The zero-order valence-electron chi connectivity index (χ0n) is 11.8. The first-order valence-electron chi connectivity index (χ1n) is 7.30. The number of aryl methyl sites for hydroxylation is 1. The highest BCUT2D eigenvalue weighted by Gasteiger charge is 2.26. The minimum atomic E-state index is 0.149. The molecule has 1 fully saturated rings. The second-order valence-corrected chi connectivity index (χ2v) is 5.39. The lowest BCUT2D eigenvalue weighted by molar-refractivity contribution is 0.0641. The largest absolute Gasteiger partial charge is 0.334 e. The molecule has 1 aromatic carbocycles. The van der Waals surface area contributed by atoms with Gasteiger partial charge in [-0.3, -0.25) is 4.79 Å². The van der Waals surface area contributed by atoms with E-state index in [1.54, 1.807) is 0 Å². The van der Waals surface area contributed by atoms with Crippen LogP contribution in [0.25, 0.3) is 0 Å². The predicted octanol–water partition coefficient (Wildman–Crippen LogP) is 2.73. The Kier molecular flexibility index (Phi) is 4.97. The average molecular weight is 260 g/mol. The van der Waals surface area contributed by atoms with E-state index in [4.69, 9.17) is 5.73 Å². The van der Waals surface area contributed by atoms with Crippen LogP contribution < -0.4 is 5.73 Å². The van der Waals surface area contributed by atoms with Gasteiger partial charge in [-0.15, -0.1) is 0 Å². The summed E-state index contributed by atoms with van der Waals surface area (Å²) in [4.78, 5) is 14.7. The molecule has 19 heavy (non-hydrogen) atoms. The Morgan fingerprint density at radius 3 is 2.58 bits per heavy atom. The number of benzene rings is 1. The number of hydrogen-bond donors (Lipinski definition) is 1. The fraction of sp³-hybridized carbons (Fsp3) is 0.562. The number of carbonyl (C=O) groups is 1. The van der Waals surface area contributed by atoms with Crippen molar-refractivity contribution in [3.8, 4) is 0 Å². The van der Waals surface area contributed by atoms with Crippen LogP contribution in [0.2, 0.25) is 0 Å². The number of carbonyl (C=O) groups excluding carboxylic acids is 1. The first kappa shape index (κ1) is 14.1. The maximum absolute atomic E-state index is 12.7. The fourth-order valence-corrected chi connectivity index (χ4v) is 2.95. The summed E-state index contributed by atoms with van der Waals surface area (Å²) in [6, 6.07) is 8.20. The van der Waals surface area contributed by atoms with Crippen LogP contribution in [0.3, 0.4) is 0 Å². The number of amides is 1. The minimum absolute atomic E-state index is 0.149. The van der Waals surface area contributed by atoms with Gasteiger partial charge in [-0.2, -0.15) is 0 Å². The molecule has 0 aliphatic heterocycles. The van der Waals surface area contributed by atoms with Crippen LogP contribution in [0.5, 0.6) is 0 Å². The van der Waals surface area contributed by atoms with Crippen molar-refractivity contribution >= 4 is 5.91 Å². The lowest BCUT2D eigenvalue weighted by atomic mass is 9.93. The smallest absolute Gasteiger partial charge is 0.254 e. The summed E-state index contributed by atoms with van der Waals surface area (Å²) in [5.41, 5.74) is 7.56. The molecule has 0 aromatic heterocycles. The van der Waals surface area contributed by atoms with Gasteiger partial charge in [-0.05, 0) is 31.4 Å². The summed E-state index contributed by atoms with van der Waals surface area (Å²) in [7, 11) is 0. The van der Waals surface area contributed by atoms with Gasteiger partial charge in [-0.25, -0.2) is 0 Å². The Labute approximate surface area is 115 Å². The van der Waals surface area contributed by atoms with Crippen LogP contribution in [0.15, 0.2) is 24.3 Å². The Bertz CT molecular complexity index is 425. The highest BCUT2D eigenvalue weighted by molar-refractivity contribution is 5.95. The van der Waals surface area contributed by atoms with E-state index in [1.807, 2.05) is 36.1 Å². The quantitative estimate of drug-likeness (QED) is 0.904. The van der Waals surface area contributed by atoms with E-state index in [0.717, 1.165) is 24.0 Å². The Morgan fingerprint density at radius 2 is 1.95 bits per heavy atom. The highest BCUT2D eigenvalue weighted by atomic mass is 16.2. The molecule has 0 saturated heterocycles. The average Bonchev–Trinajstić information content (AvgIpc) is 2.45. The number of rotatable bonds is 4. The van der Waals surface area contributed by atoms with Gasteiger partial charge in [-0.1, -0.05) is 37.5 Å². The van der Waals surface area contributed by atoms with E-state index in [2.05, 4.69) is 0 Å². The van der Waals surface area contributed by atoms with Gasteiger partial charge in [0, 0.05) is 24.7 Å². The van der Waals surface area contributed by atoms with Crippen LogP contribution in [-0.2, 0) is 0 Å². The van der Waals surface area contributed by atoms with Crippen LogP contribution in [0, 0.1) is 6.92 Å². The molecular formula is C16H24N2O. The van der Waals surface area contributed by atoms with Crippen molar-refractivity contribution in [1.29, 1.82) is 0 Å². The molecule has 3 heteroatoms. The van der Waals surface area contributed by atoms with Crippen LogP contribution in [0.1, 0.15) is 48.0 Å². The molecule has 0 unspecified atom stereocenters. The Balaban J connectivity index is 2.18. The Hall–Kier alpha value is -1.35. The number of nitrogens with zero attached hydrogens (tertiary/aromatic N) is 1. The normalized spacial score (nSPS) is 16.3. The molecule has 0 spiro atoms. The third-order valence-electron chi connectivity index (χ3n) is 4.02. The molecule has 3 nitrogen and oxygen atoms in total. The molecule has 0 atom stereocenters. The van der Waals surface area contributed by atoms with Crippen molar-refractivity contribution in [3.63, 3.8) is 0 Å². The van der Waals surface area contributed by atoms with Crippen molar-refractivity contribution in [2.45, 2.75) is 45.1 Å². The monoisotopic (exact) mass is 260 g/mol. The van der Waals surface area contributed by atoms with Crippen LogP contribution in [0.4, 0.5) is 0 Å². The lowest BCUT2D eigenvalue weighted by Crippen LogP contribution is -2.44. The van der Waals surface area contributed by atoms with E-state index < -0.39 is 0 Å². The molecule has 104 valence electrons. The predicted molar refractivity (Wildman–Crippen MR) is 78.1 cm³/mol. The molecule has 1 aromatic rings. The molecule has 2 N–H and O–H groups in total. The summed E-state index contributed by atoms with van der Waals surface area (Å²) >= 11 is 0. The van der Waals surface area contributed by atoms with Crippen molar-refractivity contribution in [2.75, 3.05) is 13.1 Å². The topological polar surface area (TPSA) is 46.3 Å². The highest BCUT2D eigenvalue weighted by Crippen LogP contribution is 2.24. The SMILES string of the molecule is Cc1ccccc1C(=O)N(CCN)C1CCCCC1. The Morgan fingerprint density at radius 1 is 1.26 bits per heavy atom. The van der Waals surface area contributed by atoms with Gasteiger partial charge in [0.2, 0.25) is 0 Å². The molecule has 0 bridgehead atoms. The van der Waals surface area contributed by atoms with Gasteiger partial charge in [0.25, 0.3) is 5.91 Å². The van der Waals surface area contributed by atoms with Crippen molar-refractivity contribution < 1.29 is 4.79 Å². The van der Waals surface area contributed by atoms with Crippen molar-refractivity contribution in [3.05, 3.63) is 35.4 Å². The molecule has 0 radical (unpaired) electrons. The van der Waals surface area contributed by atoms with E-state index in [-0.39, 0.29) is 5.91 Å². The van der Waals surface area contributed by atoms with E-state index in [0.29, 0.717) is 19.1 Å². The maximum atomic E-state index is 12.7. The second kappa shape index (κ2) is 6.71. The fourth-order valence-electron chi connectivity index (χ4n) is 2.95. The van der Waals surface area contributed by atoms with Crippen molar-refractivity contribution in [1.82, 2.24) is 4.90 Å². The van der Waals surface area contributed by atoms with E-state index >= 15 is 0 Å². The summed E-state index contributed by atoms with van der Waals surface area (Å²) < 4.78 is 0. The van der Waals surface area contributed by atoms with E-state index in [1.165, 1.54) is 19.3 Å². The molecular weight excluding hydrogens is 236 g/mol. The van der Waals surface area contributed by atoms with Gasteiger partial charge in [0.15, 0.2) is 0 Å². The molecule has 2 rings (SSSR count). The summed E-state index contributed by atoms with van der Waals surface area (Å²) in [5, 5.41) is 0. The summed E-state index contributed by atoms with van der Waals surface area (Å²) in [5.74, 6) is 0.149. The molecule has 1 aliphatic carbocycles. The molecule has 1 saturated carbocycles. The van der Waals surface area contributed by atoms with E-state index in [9.17, 15) is 4.79 Å². The molecule has 1 aliphatic rings. The zero-order valence-corrected chi connectivity index (χ0v) is 11.8. The standard InChI is InChI=1S/C16H24N2O/c1-13-7-5-6-10-15(13)16(19)18(12-11-17)14-8-3-2-4-9-14/h5-7,10,14H,2-4,8-9,11-12,17H2,1H3. The molecule has 0 heterocycles. The minimum Gasteiger partial charge on any atom is -0.334 e. The third-order valence-corrected chi connectivity index (χ3v) is 4.02. The van der Waals surface area contributed by atoms with Crippen LogP contribution >= 0.6 is 0 Å². The number of nitrogens with two attached hydrogens (primary N) is 1. The van der Waals surface area contributed by atoms with Gasteiger partial charge >= 0.3 is 0 Å². The van der Waals surface area contributed by atoms with Gasteiger partial charge < -0.3 is 10.6 Å². The van der Waals surface area contributed by atoms with Crippen LogP contribution in [-0.4, -0.2) is 29.9 Å². The first-order valence-corrected chi connectivity index (χ1v) is 7.30. The summed E-state index contributed by atoms with van der Waals surface area (Å²) in [6.45, 7) is 3.20.